The fourth-order valence-electron chi connectivity index (χ4n) is 6.84. The Labute approximate surface area is 493 Å². The Bertz CT molecular complexity index is 2750. The van der Waals surface area contributed by atoms with E-state index >= 15 is 0 Å². The minimum absolute atomic E-state index is 0. The summed E-state index contributed by atoms with van der Waals surface area (Å²) in [7, 11) is 0.388. The Morgan fingerprint density at radius 3 is 1.45 bits per heavy atom. The van der Waals surface area contributed by atoms with Crippen molar-refractivity contribution in [3.05, 3.63) is 43.0 Å². The molecule has 0 aliphatic carbocycles. The monoisotopic (exact) mass is 1230 g/mol. The summed E-state index contributed by atoms with van der Waals surface area (Å²) in [5.41, 5.74) is 19.3. The molecule has 468 valence electrons. The number of benzene rings is 1. The number of para-hydroxylation sites is 1. The van der Waals surface area contributed by atoms with Crippen molar-refractivity contribution in [2.45, 2.75) is 111 Å². The Kier molecular flexibility index (Phi) is 34.3. The Balaban J connectivity index is 0.000000497. The Morgan fingerprint density at radius 1 is 0.639 bits per heavy atom. The van der Waals surface area contributed by atoms with Crippen molar-refractivity contribution in [1.29, 1.82) is 0 Å². The number of ether oxygens (including phenoxy) is 5. The minimum atomic E-state index is -3.91. The highest BCUT2D eigenvalue weighted by atomic mass is 35.5. The first-order valence-electron chi connectivity index (χ1n) is 27.4. The van der Waals surface area contributed by atoms with Gasteiger partial charge in [0.1, 0.15) is 30.2 Å². The summed E-state index contributed by atoms with van der Waals surface area (Å²) < 4.78 is 61.1. The molecule has 4 heterocycles. The topological polar surface area (TPSA) is 381 Å². The van der Waals surface area contributed by atoms with Crippen LogP contribution in [-0.4, -0.2) is 190 Å². The van der Waals surface area contributed by atoms with Gasteiger partial charge >= 0.3 is 25.5 Å². The van der Waals surface area contributed by atoms with E-state index in [1.807, 2.05) is 58.8 Å². The van der Waals surface area contributed by atoms with Gasteiger partial charge in [-0.25, -0.2) is 24.7 Å². The van der Waals surface area contributed by atoms with E-state index < -0.39 is 51.5 Å². The molecule has 5 rings (SSSR count). The molecule has 1 unspecified atom stereocenters. The molecule has 0 aliphatic heterocycles. The number of rotatable bonds is 36. The van der Waals surface area contributed by atoms with Crippen LogP contribution in [0.25, 0.3) is 22.3 Å². The normalized spacial score (nSPS) is 13.1. The van der Waals surface area contributed by atoms with E-state index in [-0.39, 0.29) is 63.0 Å². The number of nitrogens with one attached hydrogen (secondary N) is 4. The number of halogens is 1. The van der Waals surface area contributed by atoms with Crippen LogP contribution in [-0.2, 0) is 60.3 Å². The van der Waals surface area contributed by atoms with E-state index in [2.05, 4.69) is 50.7 Å². The standard InChI is InChI=1S/C26H48N9O6P.C18H26N7O4P.C7H15NO2.ClH/c1-7-9-14-40-24(36)19(3)32-42(38,33-20(4)25(37)41-15-10-8-2)18-39-16-13-35-17-29-21-22(28-11-12-34(5)6)30-26(27)31-23(21)35;1-24(2)9-8-20-16-15-17(23-18(19)22-16)25(12-21-15)10-11-28-13-30(26,27)29-14-6-4-3-5-7-14;1-3-4-5-10-7(9)6(2)8;/h17,19-20H,7-16,18H2,1-6H3,(H2,32,33,38)(H3,27,28,30,31);3-7,12H,8-11,13H2,1-2H3,(H,26,27)(H3,19,20,22,23);6H,3-5,8H2,1-2H3;1H/t19-,20-;;6-;/m0.0./s1. The second-order valence-corrected chi connectivity index (χ2v) is 23.4. The van der Waals surface area contributed by atoms with Gasteiger partial charge in [-0.15, -0.1) is 12.4 Å². The average molecular weight is 1230 g/mol. The van der Waals surface area contributed by atoms with Crippen molar-refractivity contribution in [2.24, 2.45) is 5.73 Å². The first-order chi connectivity index (χ1) is 39.0. The van der Waals surface area contributed by atoms with Crippen molar-refractivity contribution in [3.8, 4) is 5.75 Å². The van der Waals surface area contributed by atoms with Crippen LogP contribution in [0.4, 0.5) is 23.5 Å². The van der Waals surface area contributed by atoms with Gasteiger partial charge in [-0.3, -0.25) is 18.9 Å². The number of fused-ring (bicyclic) bond motifs is 2. The molecule has 0 saturated heterocycles. The second-order valence-electron chi connectivity index (χ2n) is 19.5. The summed E-state index contributed by atoms with van der Waals surface area (Å²) in [5, 5.41) is 12.1. The van der Waals surface area contributed by atoms with Gasteiger partial charge in [0.15, 0.2) is 40.3 Å². The molecule has 0 aliphatic rings. The van der Waals surface area contributed by atoms with Crippen molar-refractivity contribution >= 4 is 91.2 Å². The Hall–Kier alpha value is -5.84. The first-order valence-corrected chi connectivity index (χ1v) is 31.0. The maximum absolute atomic E-state index is 13.9. The highest BCUT2D eigenvalue weighted by Crippen LogP contribution is 2.42. The molecule has 0 spiro atoms. The maximum Gasteiger partial charge on any atom is 0.402 e. The average Bonchev–Trinajstić information content (AvgIpc) is 4.26. The molecule has 0 bridgehead atoms. The molecule has 0 saturated carbocycles. The lowest BCUT2D eigenvalue weighted by Gasteiger charge is -2.26. The smallest absolute Gasteiger partial charge is 0.402 e. The molecule has 32 heteroatoms. The number of nitrogens with two attached hydrogens (primary N) is 3. The third-order valence-electron chi connectivity index (χ3n) is 11.2. The van der Waals surface area contributed by atoms with Crippen LogP contribution >= 0.6 is 27.4 Å². The van der Waals surface area contributed by atoms with Gasteiger partial charge in [0, 0.05) is 39.3 Å². The number of esters is 3. The van der Waals surface area contributed by atoms with Gasteiger partial charge in [-0.2, -0.15) is 19.9 Å². The van der Waals surface area contributed by atoms with E-state index in [0.29, 0.717) is 72.5 Å². The fourth-order valence-corrected chi connectivity index (χ4v) is 9.77. The zero-order valence-electron chi connectivity index (χ0n) is 49.7. The number of nitrogen functional groups attached to an aromatic ring is 2. The zero-order chi connectivity index (χ0) is 60.7. The van der Waals surface area contributed by atoms with Crippen LogP contribution in [0.1, 0.15) is 80.1 Å². The summed E-state index contributed by atoms with van der Waals surface area (Å²) in [5.74, 6) is 0.263. The van der Waals surface area contributed by atoms with E-state index in [4.69, 9.17) is 45.4 Å². The van der Waals surface area contributed by atoms with Crippen molar-refractivity contribution < 1.29 is 56.6 Å². The SMILES string of the molecule is CCCCOC(=O)[C@H](C)N.CCCCOC(=O)[C@H](C)NP(=O)(COCCn1cnc2c(NCCN(C)C)nc(N)nc21)N[C@@H](C)C(=O)OCCCC.CN(C)CCNc1nc(N)nc2c1ncn2CCOCP(=O)(O)Oc1ccccc1.Cl. The minimum Gasteiger partial charge on any atom is -0.465 e. The van der Waals surface area contributed by atoms with E-state index in [0.717, 1.165) is 51.6 Å². The van der Waals surface area contributed by atoms with Gasteiger partial charge in [-0.1, -0.05) is 58.2 Å². The Morgan fingerprint density at radius 2 is 1.05 bits per heavy atom. The van der Waals surface area contributed by atoms with Gasteiger partial charge < -0.3 is 79.9 Å². The number of hydrogen-bond donors (Lipinski definition) is 8. The highest BCUT2D eigenvalue weighted by Gasteiger charge is 2.32. The largest absolute Gasteiger partial charge is 0.465 e. The number of carbonyl (C=O) groups excluding carboxylic acids is 3. The first kappa shape index (κ1) is 73.3. The number of aromatic nitrogens is 8. The fraction of sp³-hybridized carbons (Fsp3) is 0.627. The van der Waals surface area contributed by atoms with Gasteiger partial charge in [-0.05, 0) is 80.4 Å². The number of nitrogens with zero attached hydrogens (tertiary/aromatic N) is 10. The molecule has 1 aromatic carbocycles. The number of imidazole rings is 2. The van der Waals surface area contributed by atoms with Gasteiger partial charge in [0.05, 0.1) is 45.7 Å². The van der Waals surface area contributed by atoms with Crippen LogP contribution in [0.5, 0.6) is 5.75 Å². The number of carbonyl (C=O) groups is 3. The number of unbranched alkanes of at least 4 members (excludes halogenated alkanes) is 3. The van der Waals surface area contributed by atoms with Crippen LogP contribution in [0.15, 0.2) is 43.0 Å². The molecular weight excluding hydrogens is 1140 g/mol. The van der Waals surface area contributed by atoms with Crippen molar-refractivity contribution in [3.63, 3.8) is 0 Å². The zero-order valence-corrected chi connectivity index (χ0v) is 52.3. The third kappa shape index (κ3) is 28.1. The molecule has 4 atom stereocenters. The van der Waals surface area contributed by atoms with Crippen LogP contribution < -0.4 is 42.5 Å². The quantitative estimate of drug-likeness (QED) is 0.0114. The van der Waals surface area contributed by atoms with Crippen LogP contribution in [0.2, 0.25) is 0 Å². The predicted molar refractivity (Wildman–Crippen MR) is 323 cm³/mol. The summed E-state index contributed by atoms with van der Waals surface area (Å²) in [6, 6.07) is 6.15. The number of hydrogen-bond acceptors (Lipinski definition) is 24. The molecule has 4 aromatic heterocycles. The maximum atomic E-state index is 13.9. The highest BCUT2D eigenvalue weighted by molar-refractivity contribution is 7.59. The lowest BCUT2D eigenvalue weighted by Crippen LogP contribution is -2.43. The molecule has 29 nitrogen and oxygen atoms in total. The molecule has 83 heavy (non-hydrogen) atoms. The molecule has 0 amide bonds. The van der Waals surface area contributed by atoms with E-state index in [9.17, 15) is 28.4 Å². The van der Waals surface area contributed by atoms with Crippen LogP contribution in [0.3, 0.4) is 0 Å². The van der Waals surface area contributed by atoms with Crippen molar-refractivity contribution in [1.82, 2.24) is 59.0 Å². The predicted octanol–water partition coefficient (Wildman–Crippen LogP) is 4.91. The van der Waals surface area contributed by atoms with Gasteiger partial charge in [0.2, 0.25) is 19.3 Å². The molecule has 5 aromatic rings. The van der Waals surface area contributed by atoms with Crippen LogP contribution in [0, 0.1) is 0 Å². The molecular formula is C51H90ClN17O12P2. The summed E-state index contributed by atoms with van der Waals surface area (Å²) in [6.07, 6.45) is 7.65. The summed E-state index contributed by atoms with van der Waals surface area (Å²) in [4.78, 5) is 75.5. The molecule has 0 radical (unpaired) electrons. The lowest BCUT2D eigenvalue weighted by atomic mass is 10.3. The molecule has 0 fully saturated rings. The number of anilines is 4. The summed E-state index contributed by atoms with van der Waals surface area (Å²) >= 11 is 0. The number of likely N-dealkylation sites (N-methyl/N-ethyl adjacent to an activating group) is 2. The van der Waals surface area contributed by atoms with E-state index in [1.54, 1.807) is 72.9 Å². The van der Waals surface area contributed by atoms with Crippen molar-refractivity contribution in [2.75, 3.05) is 122 Å². The summed E-state index contributed by atoms with van der Waals surface area (Å²) in [6.45, 7) is 15.7. The van der Waals surface area contributed by atoms with Gasteiger partial charge in [0.25, 0.3) is 0 Å². The van der Waals surface area contributed by atoms with E-state index in [1.165, 1.54) is 0 Å². The lowest BCUT2D eigenvalue weighted by molar-refractivity contribution is -0.146. The second kappa shape index (κ2) is 38.9. The molecule has 11 N–H and O–H groups in total. The third-order valence-corrected chi connectivity index (χ3v) is 14.4.